The van der Waals surface area contributed by atoms with E-state index in [2.05, 4.69) is 10.2 Å². The molecule has 24 heavy (non-hydrogen) atoms. The van der Waals surface area contributed by atoms with Gasteiger partial charge in [0.05, 0.1) is 32.8 Å². The molecule has 6 nitrogen and oxygen atoms in total. The maximum Gasteiger partial charge on any atom is 0.277 e. The van der Waals surface area contributed by atoms with Crippen molar-refractivity contribution in [2.24, 2.45) is 0 Å². The number of benzene rings is 1. The SMILES string of the molecule is CCOc1ccc(NC(=S)N2CC[NH+](CC(=O)N(C)C)CC2)cc1. The number of nitrogens with zero attached hydrogens (tertiary/aromatic N) is 2. The van der Waals surface area contributed by atoms with Gasteiger partial charge < -0.3 is 24.8 Å². The van der Waals surface area contributed by atoms with Crippen LogP contribution in [0.3, 0.4) is 0 Å². The molecule has 0 aliphatic carbocycles. The van der Waals surface area contributed by atoms with E-state index in [4.69, 9.17) is 17.0 Å². The number of likely N-dealkylation sites (N-methyl/N-ethyl adjacent to an activating group) is 1. The summed E-state index contributed by atoms with van der Waals surface area (Å²) in [5.74, 6) is 1.03. The Kier molecular flexibility index (Phi) is 6.81. The lowest BCUT2D eigenvalue weighted by Crippen LogP contribution is -3.15. The molecular formula is C17H27N4O2S+. The van der Waals surface area contributed by atoms with Crippen LogP contribution in [0.15, 0.2) is 24.3 Å². The van der Waals surface area contributed by atoms with Crippen molar-refractivity contribution < 1.29 is 14.4 Å². The minimum Gasteiger partial charge on any atom is -0.494 e. The lowest BCUT2D eigenvalue weighted by atomic mass is 10.3. The summed E-state index contributed by atoms with van der Waals surface area (Å²) in [6.07, 6.45) is 0. The first-order valence-corrected chi connectivity index (χ1v) is 8.73. The fraction of sp³-hybridized carbons (Fsp3) is 0.529. The Morgan fingerprint density at radius 2 is 1.92 bits per heavy atom. The molecule has 7 heteroatoms. The molecule has 1 aliphatic rings. The summed E-state index contributed by atoms with van der Waals surface area (Å²) in [4.78, 5) is 16.9. The van der Waals surface area contributed by atoms with Crippen molar-refractivity contribution in [1.82, 2.24) is 9.80 Å². The first kappa shape index (κ1) is 18.5. The molecule has 2 N–H and O–H groups in total. The van der Waals surface area contributed by atoms with E-state index in [9.17, 15) is 4.79 Å². The van der Waals surface area contributed by atoms with Gasteiger partial charge in [-0.1, -0.05) is 0 Å². The van der Waals surface area contributed by atoms with Gasteiger partial charge >= 0.3 is 0 Å². The van der Waals surface area contributed by atoms with Crippen molar-refractivity contribution in [3.8, 4) is 5.75 Å². The lowest BCUT2D eigenvalue weighted by molar-refractivity contribution is -0.896. The van der Waals surface area contributed by atoms with Gasteiger partial charge in [0.15, 0.2) is 11.7 Å². The Balaban J connectivity index is 1.79. The van der Waals surface area contributed by atoms with Gasteiger partial charge in [-0.05, 0) is 43.4 Å². The number of anilines is 1. The molecule has 2 rings (SSSR count). The van der Waals surface area contributed by atoms with Crippen LogP contribution in [0, 0.1) is 0 Å². The number of amides is 1. The number of thiocarbonyl (C=S) groups is 1. The van der Waals surface area contributed by atoms with E-state index in [1.54, 1.807) is 19.0 Å². The predicted octanol–water partition coefficient (Wildman–Crippen LogP) is 0.0708. The summed E-state index contributed by atoms with van der Waals surface area (Å²) in [5.41, 5.74) is 0.959. The van der Waals surface area contributed by atoms with Crippen LogP contribution in [0.2, 0.25) is 0 Å². The van der Waals surface area contributed by atoms with Crippen LogP contribution in [0.4, 0.5) is 5.69 Å². The van der Waals surface area contributed by atoms with Crippen LogP contribution >= 0.6 is 12.2 Å². The predicted molar refractivity (Wildman–Crippen MR) is 99.7 cm³/mol. The van der Waals surface area contributed by atoms with E-state index in [-0.39, 0.29) is 5.91 Å². The fourth-order valence-electron chi connectivity index (χ4n) is 2.58. The van der Waals surface area contributed by atoms with Crippen LogP contribution in [-0.2, 0) is 4.79 Å². The van der Waals surface area contributed by atoms with Crippen molar-refractivity contribution in [2.75, 3.05) is 58.7 Å². The zero-order chi connectivity index (χ0) is 17.5. The zero-order valence-corrected chi connectivity index (χ0v) is 15.5. The van der Waals surface area contributed by atoms with Gasteiger partial charge in [0.2, 0.25) is 0 Å². The third-order valence-electron chi connectivity index (χ3n) is 4.07. The number of piperazine rings is 1. The largest absolute Gasteiger partial charge is 0.494 e. The van der Waals surface area contributed by atoms with E-state index in [1.807, 2.05) is 31.2 Å². The third-order valence-corrected chi connectivity index (χ3v) is 4.43. The number of carbonyl (C=O) groups is 1. The van der Waals surface area contributed by atoms with Gasteiger partial charge in [-0.3, -0.25) is 4.79 Å². The molecule has 1 amide bonds. The molecule has 0 bridgehead atoms. The highest BCUT2D eigenvalue weighted by molar-refractivity contribution is 7.80. The minimum absolute atomic E-state index is 0.175. The molecule has 1 aromatic carbocycles. The molecule has 1 aromatic rings. The van der Waals surface area contributed by atoms with Crippen LogP contribution < -0.4 is 15.0 Å². The average molecular weight is 351 g/mol. The Labute approximate surface area is 149 Å². The maximum absolute atomic E-state index is 11.8. The molecule has 0 atom stereocenters. The third kappa shape index (κ3) is 5.35. The molecule has 132 valence electrons. The molecular weight excluding hydrogens is 324 g/mol. The van der Waals surface area contributed by atoms with E-state index in [0.29, 0.717) is 13.2 Å². The maximum atomic E-state index is 11.8. The normalized spacial score (nSPS) is 15.0. The van der Waals surface area contributed by atoms with Crippen LogP contribution in [0.1, 0.15) is 6.92 Å². The summed E-state index contributed by atoms with van der Waals surface area (Å²) < 4.78 is 5.44. The smallest absolute Gasteiger partial charge is 0.277 e. The highest BCUT2D eigenvalue weighted by atomic mass is 32.1. The number of quaternary nitrogens is 1. The standard InChI is InChI=1S/C17H26N4O2S/c1-4-23-15-7-5-14(6-8-15)18-17(24)21-11-9-20(10-12-21)13-16(22)19(2)3/h5-8H,4,9-13H2,1-3H3,(H,18,24)/p+1. The van der Waals surface area contributed by atoms with Crippen LogP contribution in [-0.4, -0.2) is 74.2 Å². The van der Waals surface area contributed by atoms with E-state index in [1.165, 1.54) is 4.90 Å². The molecule has 0 saturated carbocycles. The highest BCUT2D eigenvalue weighted by Crippen LogP contribution is 2.16. The minimum atomic E-state index is 0.175. The Hall–Kier alpha value is -1.86. The van der Waals surface area contributed by atoms with Crippen LogP contribution in [0.5, 0.6) is 5.75 Å². The van der Waals surface area contributed by atoms with E-state index >= 15 is 0 Å². The van der Waals surface area contributed by atoms with Gasteiger partial charge in [0.25, 0.3) is 5.91 Å². The quantitative estimate of drug-likeness (QED) is 0.736. The number of rotatable bonds is 5. The second-order valence-electron chi connectivity index (χ2n) is 6.09. The van der Waals surface area contributed by atoms with Crippen molar-refractivity contribution in [2.45, 2.75) is 6.92 Å². The Morgan fingerprint density at radius 3 is 2.46 bits per heavy atom. The summed E-state index contributed by atoms with van der Waals surface area (Å²) in [6.45, 7) is 6.75. The van der Waals surface area contributed by atoms with Gasteiger partial charge in [-0.15, -0.1) is 0 Å². The first-order valence-electron chi connectivity index (χ1n) is 8.32. The summed E-state index contributed by atoms with van der Waals surface area (Å²) in [6, 6.07) is 7.80. The van der Waals surface area contributed by atoms with E-state index < -0.39 is 0 Å². The van der Waals surface area contributed by atoms with Crippen molar-refractivity contribution >= 4 is 28.9 Å². The topological polar surface area (TPSA) is 49.3 Å². The molecule has 1 aliphatic heterocycles. The molecule has 0 aromatic heterocycles. The molecule has 0 unspecified atom stereocenters. The molecule has 0 radical (unpaired) electrons. The summed E-state index contributed by atoms with van der Waals surface area (Å²) in [5, 5.41) is 4.01. The highest BCUT2D eigenvalue weighted by Gasteiger charge is 2.24. The summed E-state index contributed by atoms with van der Waals surface area (Å²) in [7, 11) is 3.60. The van der Waals surface area contributed by atoms with Gasteiger partial charge in [-0.2, -0.15) is 0 Å². The fourth-order valence-corrected chi connectivity index (χ4v) is 2.88. The number of hydrogen-bond donors (Lipinski definition) is 2. The summed E-state index contributed by atoms with van der Waals surface area (Å²) >= 11 is 5.51. The molecule has 1 saturated heterocycles. The first-order chi connectivity index (χ1) is 11.5. The van der Waals surface area contributed by atoms with Crippen molar-refractivity contribution in [3.05, 3.63) is 24.3 Å². The van der Waals surface area contributed by atoms with Crippen molar-refractivity contribution in [1.29, 1.82) is 0 Å². The number of ether oxygens (including phenoxy) is 1. The molecule has 1 heterocycles. The monoisotopic (exact) mass is 351 g/mol. The second-order valence-corrected chi connectivity index (χ2v) is 6.48. The second kappa shape index (κ2) is 8.84. The van der Waals surface area contributed by atoms with Gasteiger partial charge in [0.1, 0.15) is 5.75 Å². The number of hydrogen-bond acceptors (Lipinski definition) is 3. The number of nitrogens with one attached hydrogen (secondary N) is 2. The molecule has 1 fully saturated rings. The lowest BCUT2D eigenvalue weighted by Gasteiger charge is -2.33. The average Bonchev–Trinajstić information content (AvgIpc) is 2.57. The van der Waals surface area contributed by atoms with Crippen LogP contribution in [0.25, 0.3) is 0 Å². The van der Waals surface area contributed by atoms with E-state index in [0.717, 1.165) is 42.7 Å². The Bertz CT molecular complexity index is 554. The van der Waals surface area contributed by atoms with Gasteiger partial charge in [0, 0.05) is 19.8 Å². The molecule has 0 spiro atoms. The zero-order valence-electron chi connectivity index (χ0n) is 14.7. The Morgan fingerprint density at radius 1 is 1.29 bits per heavy atom. The van der Waals surface area contributed by atoms with Crippen molar-refractivity contribution in [3.63, 3.8) is 0 Å². The number of carbonyl (C=O) groups excluding carboxylic acids is 1. The van der Waals surface area contributed by atoms with Gasteiger partial charge in [-0.25, -0.2) is 0 Å².